The molecule has 6 nitrogen and oxygen atoms in total. The number of sulfonamides is 1. The van der Waals surface area contributed by atoms with Crippen molar-refractivity contribution >= 4 is 31.9 Å². The van der Waals surface area contributed by atoms with Gasteiger partial charge >= 0.3 is 5.97 Å². The van der Waals surface area contributed by atoms with Gasteiger partial charge < -0.3 is 9.84 Å². The Balaban J connectivity index is 2.58. The molecular weight excluding hydrogens is 374 g/mol. The maximum absolute atomic E-state index is 12.8. The maximum atomic E-state index is 12.8. The number of nitrogens with zero attached hydrogens (tertiary/aromatic N) is 1. The zero-order valence-corrected chi connectivity index (χ0v) is 15.0. The van der Waals surface area contributed by atoms with E-state index in [0.717, 1.165) is 0 Å². The molecule has 0 radical (unpaired) electrons. The molecule has 1 atom stereocenters. The molecule has 0 saturated carbocycles. The van der Waals surface area contributed by atoms with Gasteiger partial charge in [-0.25, -0.2) is 13.2 Å². The summed E-state index contributed by atoms with van der Waals surface area (Å²) in [6, 6.07) is 1.25. The molecule has 1 heterocycles. The van der Waals surface area contributed by atoms with Gasteiger partial charge in [0, 0.05) is 18.1 Å². The van der Waals surface area contributed by atoms with E-state index in [1.807, 2.05) is 0 Å². The van der Waals surface area contributed by atoms with E-state index in [0.29, 0.717) is 29.7 Å². The summed E-state index contributed by atoms with van der Waals surface area (Å²) in [6.45, 7) is 4.05. The van der Waals surface area contributed by atoms with Crippen LogP contribution in [0.1, 0.15) is 27.9 Å². The molecule has 0 amide bonds. The highest BCUT2D eigenvalue weighted by Gasteiger charge is 2.33. The van der Waals surface area contributed by atoms with E-state index in [2.05, 4.69) is 15.9 Å². The zero-order chi connectivity index (χ0) is 16.7. The molecule has 1 aliphatic heterocycles. The van der Waals surface area contributed by atoms with Crippen molar-refractivity contribution in [3.63, 3.8) is 0 Å². The Kier molecular flexibility index (Phi) is 4.96. The summed E-state index contributed by atoms with van der Waals surface area (Å²) < 4.78 is 32.6. The third-order valence-electron chi connectivity index (χ3n) is 4.03. The lowest BCUT2D eigenvalue weighted by Crippen LogP contribution is -2.37. The number of hydrogen-bond donors (Lipinski definition) is 1. The fourth-order valence-electron chi connectivity index (χ4n) is 2.60. The molecule has 0 spiro atoms. The van der Waals surface area contributed by atoms with Gasteiger partial charge in [0.05, 0.1) is 23.1 Å². The second kappa shape index (κ2) is 6.27. The molecule has 8 heteroatoms. The fourth-order valence-corrected chi connectivity index (χ4v) is 4.81. The van der Waals surface area contributed by atoms with Crippen LogP contribution in [0.4, 0.5) is 0 Å². The second-order valence-corrected chi connectivity index (χ2v) is 8.15. The molecule has 1 aromatic carbocycles. The van der Waals surface area contributed by atoms with Crippen LogP contribution in [0.5, 0.6) is 0 Å². The predicted octanol–water partition coefficient (Wildman–Crippen LogP) is 2.17. The van der Waals surface area contributed by atoms with Crippen LogP contribution in [-0.2, 0) is 14.8 Å². The van der Waals surface area contributed by atoms with Crippen molar-refractivity contribution in [2.45, 2.75) is 31.2 Å². The molecule has 0 aliphatic carbocycles. The van der Waals surface area contributed by atoms with E-state index < -0.39 is 16.0 Å². The molecule has 1 saturated heterocycles. The Bertz CT molecular complexity index is 710. The molecular formula is C14H18BrNO5S. The average molecular weight is 392 g/mol. The average Bonchev–Trinajstić information content (AvgIpc) is 2.95. The van der Waals surface area contributed by atoms with E-state index in [1.165, 1.54) is 24.3 Å². The summed E-state index contributed by atoms with van der Waals surface area (Å²) in [6.07, 6.45) is 0.633. The molecule has 1 aliphatic rings. The van der Waals surface area contributed by atoms with Crippen LogP contribution in [0.15, 0.2) is 15.4 Å². The first-order valence-electron chi connectivity index (χ1n) is 6.76. The first-order chi connectivity index (χ1) is 10.2. The van der Waals surface area contributed by atoms with Gasteiger partial charge in [0.15, 0.2) is 0 Å². The van der Waals surface area contributed by atoms with Crippen LogP contribution in [-0.4, -0.2) is 50.1 Å². The minimum Gasteiger partial charge on any atom is -0.478 e. The number of likely N-dealkylation sites (N-methyl/N-ethyl adjacent to an activating group) is 1. The molecule has 1 N–H and O–H groups in total. The van der Waals surface area contributed by atoms with Crippen LogP contribution in [0.2, 0.25) is 0 Å². The van der Waals surface area contributed by atoms with Crippen molar-refractivity contribution in [2.75, 3.05) is 20.3 Å². The van der Waals surface area contributed by atoms with Crippen LogP contribution >= 0.6 is 15.9 Å². The van der Waals surface area contributed by atoms with Gasteiger partial charge in [-0.15, -0.1) is 0 Å². The highest BCUT2D eigenvalue weighted by atomic mass is 79.9. The van der Waals surface area contributed by atoms with Gasteiger partial charge in [0.25, 0.3) is 0 Å². The van der Waals surface area contributed by atoms with Gasteiger partial charge in [-0.1, -0.05) is 15.9 Å². The Labute approximate surface area is 138 Å². The van der Waals surface area contributed by atoms with Gasteiger partial charge in [-0.3, -0.25) is 0 Å². The first-order valence-corrected chi connectivity index (χ1v) is 9.00. The molecule has 22 heavy (non-hydrogen) atoms. The number of carbonyl (C=O) groups is 1. The summed E-state index contributed by atoms with van der Waals surface area (Å²) >= 11 is 3.25. The summed E-state index contributed by atoms with van der Waals surface area (Å²) in [7, 11) is -2.29. The minimum absolute atomic E-state index is 0.0109. The highest BCUT2D eigenvalue weighted by Crippen LogP contribution is 2.32. The van der Waals surface area contributed by atoms with E-state index in [4.69, 9.17) is 4.74 Å². The summed E-state index contributed by atoms with van der Waals surface area (Å²) in [5.41, 5.74) is 0.777. The molecule has 2 rings (SSSR count). The number of carboxylic acids is 1. The first kappa shape index (κ1) is 17.4. The topological polar surface area (TPSA) is 83.9 Å². The molecule has 122 valence electrons. The van der Waals surface area contributed by atoms with Crippen LogP contribution in [0.3, 0.4) is 0 Å². The Morgan fingerprint density at radius 2 is 2.05 bits per heavy atom. The molecule has 0 aromatic heterocycles. The normalized spacial score (nSPS) is 18.9. The van der Waals surface area contributed by atoms with Crippen LogP contribution in [0, 0.1) is 13.8 Å². The standard InChI is InChI=1S/C14H18BrNO5S/c1-8-11(15)6-12(9(2)13(8)14(17)18)22(19,20)16(3)10-4-5-21-7-10/h6,10H,4-5,7H2,1-3H3,(H,17,18). The Hall–Kier alpha value is -0.960. The lowest BCUT2D eigenvalue weighted by atomic mass is 10.0. The molecule has 0 bridgehead atoms. The number of hydrogen-bond acceptors (Lipinski definition) is 4. The SMILES string of the molecule is Cc1c(Br)cc(S(=O)(=O)N(C)C2CCOC2)c(C)c1C(=O)O. The van der Waals surface area contributed by atoms with Gasteiger partial charge in [0.2, 0.25) is 10.0 Å². The minimum atomic E-state index is -3.79. The molecule has 1 fully saturated rings. The second-order valence-electron chi connectivity index (χ2n) is 5.33. The predicted molar refractivity (Wildman–Crippen MR) is 84.7 cm³/mol. The maximum Gasteiger partial charge on any atom is 0.336 e. The van der Waals surface area contributed by atoms with Crippen molar-refractivity contribution in [1.82, 2.24) is 4.31 Å². The summed E-state index contributed by atoms with van der Waals surface area (Å²) in [5.74, 6) is -1.14. The number of benzene rings is 1. The lowest BCUT2D eigenvalue weighted by molar-refractivity contribution is 0.0695. The third-order valence-corrected chi connectivity index (χ3v) is 6.89. The van der Waals surface area contributed by atoms with Crippen LogP contribution < -0.4 is 0 Å². The third kappa shape index (κ3) is 2.92. The highest BCUT2D eigenvalue weighted by molar-refractivity contribution is 9.10. The largest absolute Gasteiger partial charge is 0.478 e. The van der Waals surface area contributed by atoms with E-state index in [-0.39, 0.29) is 22.1 Å². The van der Waals surface area contributed by atoms with Gasteiger partial charge in [-0.2, -0.15) is 4.31 Å². The monoisotopic (exact) mass is 391 g/mol. The summed E-state index contributed by atoms with van der Waals surface area (Å²) in [5, 5.41) is 9.36. The Morgan fingerprint density at radius 1 is 1.41 bits per heavy atom. The van der Waals surface area contributed by atoms with Crippen molar-refractivity contribution in [3.8, 4) is 0 Å². The fraction of sp³-hybridized carbons (Fsp3) is 0.500. The zero-order valence-electron chi connectivity index (χ0n) is 12.6. The van der Waals surface area contributed by atoms with Crippen molar-refractivity contribution in [3.05, 3.63) is 27.2 Å². The van der Waals surface area contributed by atoms with E-state index in [9.17, 15) is 18.3 Å². The molecule has 1 unspecified atom stereocenters. The van der Waals surface area contributed by atoms with Gasteiger partial charge in [0.1, 0.15) is 0 Å². The smallest absolute Gasteiger partial charge is 0.336 e. The molecule has 1 aromatic rings. The van der Waals surface area contributed by atoms with E-state index in [1.54, 1.807) is 6.92 Å². The number of aromatic carboxylic acids is 1. The quantitative estimate of drug-likeness (QED) is 0.849. The number of carboxylic acid groups (broad SMARTS) is 1. The van der Waals surface area contributed by atoms with Crippen molar-refractivity contribution < 1.29 is 23.1 Å². The lowest BCUT2D eigenvalue weighted by Gasteiger charge is -2.24. The van der Waals surface area contributed by atoms with E-state index >= 15 is 0 Å². The number of halogens is 1. The van der Waals surface area contributed by atoms with Gasteiger partial charge in [-0.05, 0) is 37.5 Å². The van der Waals surface area contributed by atoms with Crippen molar-refractivity contribution in [1.29, 1.82) is 0 Å². The van der Waals surface area contributed by atoms with Crippen molar-refractivity contribution in [2.24, 2.45) is 0 Å². The van der Waals surface area contributed by atoms with Crippen LogP contribution in [0.25, 0.3) is 0 Å². The number of rotatable bonds is 4. The number of ether oxygens (including phenoxy) is 1. The Morgan fingerprint density at radius 3 is 2.55 bits per heavy atom. The summed E-state index contributed by atoms with van der Waals surface area (Å²) in [4.78, 5) is 11.5.